The molecule has 0 radical (unpaired) electrons. The van der Waals surface area contributed by atoms with Gasteiger partial charge in [0.15, 0.2) is 0 Å². The van der Waals surface area contributed by atoms with Crippen LogP contribution in [0.4, 0.5) is 11.6 Å². The van der Waals surface area contributed by atoms with E-state index in [0.717, 1.165) is 0 Å². The molecule has 1 heterocycles. The van der Waals surface area contributed by atoms with E-state index in [1.54, 1.807) is 7.05 Å². The second kappa shape index (κ2) is 4.46. The summed E-state index contributed by atoms with van der Waals surface area (Å²) in [6, 6.07) is 4.15. The third-order valence-corrected chi connectivity index (χ3v) is 3.99. The molecule has 7 nitrogen and oxygen atoms in total. The summed E-state index contributed by atoms with van der Waals surface area (Å²) in [5.74, 6) is 0.0999. The number of nitrogens with two attached hydrogens (primary N) is 1. The molecule has 2 aromatic rings. The Bertz CT molecular complexity index is 682. The van der Waals surface area contributed by atoms with Crippen LogP contribution in [0.15, 0.2) is 29.4 Å². The third-order valence-electron chi connectivity index (χ3n) is 2.18. The highest BCUT2D eigenvalue weighted by Crippen LogP contribution is 2.25. The lowest BCUT2D eigenvalue weighted by Crippen LogP contribution is -2.16. The maximum absolute atomic E-state index is 12.1. The number of nitrogens with zero attached hydrogens (tertiary/aromatic N) is 3. The fraction of sp³-hybridized carbons (Fsp3) is 0.111. The normalized spacial score (nSPS) is 11.4. The minimum Gasteiger partial charge on any atom is -0.399 e. The fourth-order valence-electron chi connectivity index (χ4n) is 1.30. The molecular weight excluding hydrogens is 278 g/mol. The molecule has 9 heteroatoms. The van der Waals surface area contributed by atoms with Gasteiger partial charge in [0.2, 0.25) is 5.95 Å². The Morgan fingerprint density at radius 1 is 1.44 bits per heavy atom. The van der Waals surface area contributed by atoms with Crippen molar-refractivity contribution < 1.29 is 8.42 Å². The largest absolute Gasteiger partial charge is 0.399 e. The summed E-state index contributed by atoms with van der Waals surface area (Å²) in [6.45, 7) is 0. The molecule has 1 aromatic heterocycles. The van der Waals surface area contributed by atoms with Gasteiger partial charge in [0, 0.05) is 12.7 Å². The van der Waals surface area contributed by atoms with Crippen molar-refractivity contribution >= 4 is 33.3 Å². The topological polar surface area (TPSA) is 103 Å². The summed E-state index contributed by atoms with van der Waals surface area (Å²) in [5.41, 5.74) is 5.89. The van der Waals surface area contributed by atoms with Crippen LogP contribution in [-0.2, 0) is 17.1 Å². The fourth-order valence-corrected chi connectivity index (χ4v) is 2.89. The standard InChI is InChI=1S/C9H10ClN5O2S/c1-15-9(12-5-13-15)14-18(16,17)8-3-2-6(11)4-7(8)10/h2-5H,11H2,1H3,(H,12,13,14). The van der Waals surface area contributed by atoms with Gasteiger partial charge in [-0.15, -0.1) is 0 Å². The van der Waals surface area contributed by atoms with E-state index in [2.05, 4.69) is 14.8 Å². The zero-order chi connectivity index (χ0) is 13.3. The van der Waals surface area contributed by atoms with Crippen LogP contribution in [0.25, 0.3) is 0 Å². The first-order valence-corrected chi connectivity index (χ1v) is 6.68. The van der Waals surface area contributed by atoms with Crippen LogP contribution < -0.4 is 10.5 Å². The SMILES string of the molecule is Cn1ncnc1NS(=O)(=O)c1ccc(N)cc1Cl. The van der Waals surface area contributed by atoms with Gasteiger partial charge in [-0.1, -0.05) is 11.6 Å². The van der Waals surface area contributed by atoms with Crippen molar-refractivity contribution in [3.63, 3.8) is 0 Å². The number of nitrogens with one attached hydrogen (secondary N) is 1. The second-order valence-corrected chi connectivity index (χ2v) is 5.56. The Labute approximate surface area is 109 Å². The molecule has 1 aromatic carbocycles. The number of sulfonamides is 1. The van der Waals surface area contributed by atoms with Crippen molar-refractivity contribution in [2.75, 3.05) is 10.5 Å². The molecule has 0 fully saturated rings. The maximum Gasteiger partial charge on any atom is 0.265 e. The van der Waals surface area contributed by atoms with Crippen LogP contribution in [0.2, 0.25) is 5.02 Å². The van der Waals surface area contributed by atoms with Gasteiger partial charge in [0.05, 0.1) is 5.02 Å². The van der Waals surface area contributed by atoms with Gasteiger partial charge < -0.3 is 5.73 Å². The highest BCUT2D eigenvalue weighted by Gasteiger charge is 2.19. The average molecular weight is 288 g/mol. The highest BCUT2D eigenvalue weighted by molar-refractivity contribution is 7.92. The molecule has 0 unspecified atom stereocenters. The predicted molar refractivity (Wildman–Crippen MR) is 67.7 cm³/mol. The van der Waals surface area contributed by atoms with Gasteiger partial charge in [-0.05, 0) is 18.2 Å². The monoisotopic (exact) mass is 287 g/mol. The van der Waals surface area contributed by atoms with E-state index in [9.17, 15) is 8.42 Å². The van der Waals surface area contributed by atoms with Crippen LogP contribution in [0.1, 0.15) is 0 Å². The lowest BCUT2D eigenvalue weighted by molar-refractivity contribution is 0.600. The third kappa shape index (κ3) is 2.39. The van der Waals surface area contributed by atoms with E-state index in [1.165, 1.54) is 29.2 Å². The minimum absolute atomic E-state index is 0.0460. The Morgan fingerprint density at radius 2 is 2.17 bits per heavy atom. The number of anilines is 2. The number of aryl methyl sites for hydroxylation is 1. The predicted octanol–water partition coefficient (Wildman–Crippen LogP) is 0.851. The Morgan fingerprint density at radius 3 is 2.72 bits per heavy atom. The van der Waals surface area contributed by atoms with Gasteiger partial charge in [0.25, 0.3) is 10.0 Å². The van der Waals surface area contributed by atoms with E-state index in [1.807, 2.05) is 0 Å². The molecule has 0 amide bonds. The van der Waals surface area contributed by atoms with Crippen LogP contribution in [0, 0.1) is 0 Å². The first kappa shape index (κ1) is 12.7. The van der Waals surface area contributed by atoms with E-state index in [-0.39, 0.29) is 15.9 Å². The van der Waals surface area contributed by atoms with E-state index in [0.29, 0.717) is 5.69 Å². The first-order chi connectivity index (χ1) is 8.40. The number of hydrogen-bond donors (Lipinski definition) is 2. The smallest absolute Gasteiger partial charge is 0.265 e. The Balaban J connectivity index is 2.40. The molecule has 0 aliphatic carbocycles. The van der Waals surface area contributed by atoms with Gasteiger partial charge in [0.1, 0.15) is 11.2 Å². The molecular formula is C9H10ClN5O2S. The number of benzene rings is 1. The first-order valence-electron chi connectivity index (χ1n) is 4.82. The summed E-state index contributed by atoms with van der Waals surface area (Å²) in [4.78, 5) is 3.70. The average Bonchev–Trinajstić information content (AvgIpc) is 2.63. The van der Waals surface area contributed by atoms with Crippen molar-refractivity contribution in [2.45, 2.75) is 4.90 Å². The second-order valence-electron chi connectivity index (χ2n) is 3.50. The van der Waals surface area contributed by atoms with Gasteiger partial charge in [-0.2, -0.15) is 10.1 Å². The van der Waals surface area contributed by atoms with Crippen molar-refractivity contribution in [3.05, 3.63) is 29.5 Å². The highest BCUT2D eigenvalue weighted by atomic mass is 35.5. The van der Waals surface area contributed by atoms with Gasteiger partial charge in [-0.25, -0.2) is 17.8 Å². The minimum atomic E-state index is -3.81. The van der Waals surface area contributed by atoms with Crippen LogP contribution in [-0.4, -0.2) is 23.2 Å². The van der Waals surface area contributed by atoms with Gasteiger partial charge in [-0.3, -0.25) is 0 Å². The van der Waals surface area contributed by atoms with Crippen molar-refractivity contribution in [3.8, 4) is 0 Å². The van der Waals surface area contributed by atoms with Crippen molar-refractivity contribution in [2.24, 2.45) is 7.05 Å². The molecule has 0 bridgehead atoms. The van der Waals surface area contributed by atoms with Crippen LogP contribution in [0.3, 0.4) is 0 Å². The molecule has 0 aliphatic heterocycles. The summed E-state index contributed by atoms with van der Waals surface area (Å²) < 4.78 is 27.7. The lowest BCUT2D eigenvalue weighted by Gasteiger charge is -2.08. The molecule has 96 valence electrons. The molecule has 0 atom stereocenters. The van der Waals surface area contributed by atoms with Crippen LogP contribution >= 0.6 is 11.6 Å². The number of nitrogen functional groups attached to an aromatic ring is 1. The maximum atomic E-state index is 12.1. The van der Waals surface area contributed by atoms with E-state index < -0.39 is 10.0 Å². The van der Waals surface area contributed by atoms with E-state index >= 15 is 0 Å². The summed E-state index contributed by atoms with van der Waals surface area (Å²) in [5, 5.41) is 3.80. The Hall–Kier alpha value is -1.80. The zero-order valence-electron chi connectivity index (χ0n) is 9.33. The van der Waals surface area contributed by atoms with Crippen molar-refractivity contribution in [1.82, 2.24) is 14.8 Å². The number of hydrogen-bond acceptors (Lipinski definition) is 5. The van der Waals surface area contributed by atoms with Gasteiger partial charge >= 0.3 is 0 Å². The quantitative estimate of drug-likeness (QED) is 0.815. The van der Waals surface area contributed by atoms with E-state index in [4.69, 9.17) is 17.3 Å². The zero-order valence-corrected chi connectivity index (χ0v) is 10.9. The number of aromatic nitrogens is 3. The summed E-state index contributed by atoms with van der Waals surface area (Å²) >= 11 is 5.85. The molecule has 18 heavy (non-hydrogen) atoms. The summed E-state index contributed by atoms with van der Waals surface area (Å²) in [7, 11) is -2.25. The summed E-state index contributed by atoms with van der Waals surface area (Å²) in [6.07, 6.45) is 1.24. The molecule has 0 saturated carbocycles. The number of rotatable bonds is 3. The Kier molecular flexibility index (Phi) is 3.14. The molecule has 2 rings (SSSR count). The lowest BCUT2D eigenvalue weighted by atomic mass is 10.3. The molecule has 0 aliphatic rings. The molecule has 3 N–H and O–H groups in total. The van der Waals surface area contributed by atoms with Crippen LogP contribution in [0.5, 0.6) is 0 Å². The van der Waals surface area contributed by atoms with Crippen molar-refractivity contribution in [1.29, 1.82) is 0 Å². The number of halogens is 1. The molecule has 0 spiro atoms. The molecule has 0 saturated heterocycles.